The Morgan fingerprint density at radius 1 is 1.40 bits per heavy atom. The second kappa shape index (κ2) is 6.46. The number of halogens is 1. The molecule has 112 valence electrons. The van der Waals surface area contributed by atoms with Crippen LogP contribution in [0.3, 0.4) is 0 Å². The zero-order chi connectivity index (χ0) is 14.8. The van der Waals surface area contributed by atoms with Crippen LogP contribution in [-0.4, -0.2) is 29.6 Å². The summed E-state index contributed by atoms with van der Waals surface area (Å²) in [7, 11) is 0. The van der Waals surface area contributed by atoms with E-state index < -0.39 is 0 Å². The van der Waals surface area contributed by atoms with E-state index in [1.807, 2.05) is 0 Å². The van der Waals surface area contributed by atoms with Crippen molar-refractivity contribution in [3.63, 3.8) is 0 Å². The van der Waals surface area contributed by atoms with Crippen LogP contribution in [0.25, 0.3) is 0 Å². The van der Waals surface area contributed by atoms with Crippen LogP contribution in [0.2, 0.25) is 5.02 Å². The van der Waals surface area contributed by atoms with Gasteiger partial charge in [-0.3, -0.25) is 4.90 Å². The number of nitrogens with zero attached hydrogens (tertiary/aromatic N) is 1. The third-order valence-electron chi connectivity index (χ3n) is 4.80. The Morgan fingerprint density at radius 2 is 2.15 bits per heavy atom. The van der Waals surface area contributed by atoms with E-state index in [1.54, 1.807) is 0 Å². The van der Waals surface area contributed by atoms with E-state index in [-0.39, 0.29) is 5.54 Å². The molecule has 1 aliphatic heterocycles. The maximum Gasteiger partial charge on any atom is 0.0453 e. The zero-order valence-electron chi connectivity index (χ0n) is 13.2. The molecule has 2 atom stereocenters. The van der Waals surface area contributed by atoms with Crippen molar-refractivity contribution in [2.45, 2.75) is 58.7 Å². The number of rotatable bonds is 4. The topological polar surface area (TPSA) is 15.3 Å². The quantitative estimate of drug-likeness (QED) is 0.903. The van der Waals surface area contributed by atoms with E-state index in [1.165, 1.54) is 17.5 Å². The Hall–Kier alpha value is -0.570. The minimum atomic E-state index is 0.222. The lowest BCUT2D eigenvalue weighted by molar-refractivity contribution is 0.0408. The van der Waals surface area contributed by atoms with Crippen molar-refractivity contribution in [1.82, 2.24) is 10.2 Å². The number of hydrogen-bond donors (Lipinski definition) is 1. The first-order valence-corrected chi connectivity index (χ1v) is 8.09. The van der Waals surface area contributed by atoms with Crippen molar-refractivity contribution in [2.24, 2.45) is 0 Å². The largest absolute Gasteiger partial charge is 0.311 e. The highest BCUT2D eigenvalue weighted by Gasteiger charge is 2.35. The van der Waals surface area contributed by atoms with Gasteiger partial charge in [-0.2, -0.15) is 0 Å². The molecule has 20 heavy (non-hydrogen) atoms. The first-order chi connectivity index (χ1) is 9.48. The predicted molar refractivity (Wildman–Crippen MR) is 87.4 cm³/mol. The molecular formula is C17H27ClN2. The molecule has 1 heterocycles. The molecule has 0 bridgehead atoms. The summed E-state index contributed by atoms with van der Waals surface area (Å²) >= 11 is 6.41. The molecule has 1 N–H and O–H groups in total. The standard InChI is InChI=1S/C17H27ClN2/c1-5-15-11-20(17(4,6-2)12-19-15)10-14-8-7-13(3)9-16(14)18/h7-9,15,19H,5-6,10-12H2,1-4H3. The fraction of sp³-hybridized carbons (Fsp3) is 0.647. The molecule has 2 unspecified atom stereocenters. The molecule has 2 nitrogen and oxygen atoms in total. The van der Waals surface area contributed by atoms with E-state index in [2.05, 4.69) is 56.1 Å². The predicted octanol–water partition coefficient (Wildman–Crippen LogP) is 4.00. The number of nitrogens with one attached hydrogen (secondary N) is 1. The van der Waals surface area contributed by atoms with Gasteiger partial charge in [-0.15, -0.1) is 0 Å². The van der Waals surface area contributed by atoms with Gasteiger partial charge in [-0.05, 0) is 43.9 Å². The molecule has 0 spiro atoms. The van der Waals surface area contributed by atoms with Gasteiger partial charge in [-0.25, -0.2) is 0 Å². The van der Waals surface area contributed by atoms with Gasteiger partial charge >= 0.3 is 0 Å². The highest BCUT2D eigenvalue weighted by Crippen LogP contribution is 2.28. The summed E-state index contributed by atoms with van der Waals surface area (Å²) in [4.78, 5) is 2.61. The van der Waals surface area contributed by atoms with Crippen LogP contribution in [0.15, 0.2) is 18.2 Å². The van der Waals surface area contributed by atoms with Crippen molar-refractivity contribution in [3.05, 3.63) is 34.3 Å². The van der Waals surface area contributed by atoms with Gasteiger partial charge in [0.2, 0.25) is 0 Å². The average molecular weight is 295 g/mol. The van der Waals surface area contributed by atoms with Crippen LogP contribution in [0, 0.1) is 6.92 Å². The molecule has 1 fully saturated rings. The van der Waals surface area contributed by atoms with Crippen molar-refractivity contribution < 1.29 is 0 Å². The lowest BCUT2D eigenvalue weighted by Crippen LogP contribution is -2.62. The van der Waals surface area contributed by atoms with Gasteiger partial charge < -0.3 is 5.32 Å². The third kappa shape index (κ3) is 3.36. The molecule has 1 saturated heterocycles. The van der Waals surface area contributed by atoms with Gasteiger partial charge in [0.05, 0.1) is 0 Å². The van der Waals surface area contributed by atoms with Crippen LogP contribution in [0.4, 0.5) is 0 Å². The maximum absolute atomic E-state index is 6.41. The van der Waals surface area contributed by atoms with Crippen molar-refractivity contribution in [1.29, 1.82) is 0 Å². The minimum absolute atomic E-state index is 0.222. The first-order valence-electron chi connectivity index (χ1n) is 7.72. The van der Waals surface area contributed by atoms with E-state index in [4.69, 9.17) is 11.6 Å². The van der Waals surface area contributed by atoms with Crippen LogP contribution >= 0.6 is 11.6 Å². The van der Waals surface area contributed by atoms with Gasteiger partial charge in [-0.1, -0.05) is 37.6 Å². The third-order valence-corrected chi connectivity index (χ3v) is 5.15. The van der Waals surface area contributed by atoms with Crippen molar-refractivity contribution in [3.8, 4) is 0 Å². The Morgan fingerprint density at radius 3 is 2.75 bits per heavy atom. The lowest BCUT2D eigenvalue weighted by Gasteiger charge is -2.48. The van der Waals surface area contributed by atoms with Gasteiger partial charge in [0.1, 0.15) is 0 Å². The maximum atomic E-state index is 6.41. The molecular weight excluding hydrogens is 268 g/mol. The molecule has 0 aliphatic carbocycles. The summed E-state index contributed by atoms with van der Waals surface area (Å²) in [5.41, 5.74) is 2.69. The van der Waals surface area contributed by atoms with Crippen LogP contribution in [0.1, 0.15) is 44.7 Å². The van der Waals surface area contributed by atoms with Crippen LogP contribution in [0.5, 0.6) is 0 Å². The zero-order valence-corrected chi connectivity index (χ0v) is 13.9. The normalized spacial score (nSPS) is 27.8. The molecule has 0 amide bonds. The lowest BCUT2D eigenvalue weighted by atomic mass is 9.91. The molecule has 1 aromatic carbocycles. The molecule has 0 aromatic heterocycles. The highest BCUT2D eigenvalue weighted by atomic mass is 35.5. The minimum Gasteiger partial charge on any atom is -0.311 e. The summed E-state index contributed by atoms with van der Waals surface area (Å²) in [6.45, 7) is 12.1. The second-order valence-electron chi connectivity index (χ2n) is 6.31. The summed E-state index contributed by atoms with van der Waals surface area (Å²) in [5.74, 6) is 0. The number of aryl methyl sites for hydroxylation is 1. The summed E-state index contributed by atoms with van der Waals surface area (Å²) in [5, 5.41) is 4.57. The Kier molecular flexibility index (Phi) is 5.11. The smallest absolute Gasteiger partial charge is 0.0453 e. The molecule has 1 aliphatic rings. The molecule has 2 rings (SSSR count). The number of benzene rings is 1. The van der Waals surface area contributed by atoms with Crippen LogP contribution in [-0.2, 0) is 6.54 Å². The second-order valence-corrected chi connectivity index (χ2v) is 6.72. The summed E-state index contributed by atoms with van der Waals surface area (Å²) < 4.78 is 0. The number of hydrogen-bond acceptors (Lipinski definition) is 2. The van der Waals surface area contributed by atoms with Gasteiger partial charge in [0, 0.05) is 36.2 Å². The Balaban J connectivity index is 2.18. The first kappa shape index (κ1) is 15.8. The molecule has 3 heteroatoms. The fourth-order valence-corrected chi connectivity index (χ4v) is 3.19. The molecule has 0 saturated carbocycles. The Bertz CT molecular complexity index is 460. The monoisotopic (exact) mass is 294 g/mol. The van der Waals surface area contributed by atoms with Crippen molar-refractivity contribution in [2.75, 3.05) is 13.1 Å². The van der Waals surface area contributed by atoms with Crippen molar-refractivity contribution >= 4 is 11.6 Å². The number of piperazine rings is 1. The van der Waals surface area contributed by atoms with Crippen LogP contribution < -0.4 is 5.32 Å². The van der Waals surface area contributed by atoms with E-state index in [0.29, 0.717) is 6.04 Å². The molecule has 0 radical (unpaired) electrons. The van der Waals surface area contributed by atoms with Gasteiger partial charge in [0.25, 0.3) is 0 Å². The fourth-order valence-electron chi connectivity index (χ4n) is 2.89. The summed E-state index contributed by atoms with van der Waals surface area (Å²) in [6, 6.07) is 7.00. The average Bonchev–Trinajstić information content (AvgIpc) is 2.44. The summed E-state index contributed by atoms with van der Waals surface area (Å²) in [6.07, 6.45) is 2.33. The molecule has 1 aromatic rings. The van der Waals surface area contributed by atoms with E-state index >= 15 is 0 Å². The van der Waals surface area contributed by atoms with E-state index in [0.717, 1.165) is 31.1 Å². The Labute approximate surface area is 128 Å². The van der Waals surface area contributed by atoms with Gasteiger partial charge in [0.15, 0.2) is 0 Å². The van der Waals surface area contributed by atoms with E-state index in [9.17, 15) is 0 Å². The highest BCUT2D eigenvalue weighted by molar-refractivity contribution is 6.31. The SMILES string of the molecule is CCC1CN(Cc2ccc(C)cc2Cl)C(C)(CC)CN1.